The number of hydrogen-bond acceptors (Lipinski definition) is 17. The number of rotatable bonds is 14. The molecule has 7 heterocycles. The molecule has 386 valence electrons. The molecule has 25 nitrogen and oxygen atoms in total. The molecule has 0 radical (unpaired) electrons. The van der Waals surface area contributed by atoms with Gasteiger partial charge in [-0.2, -0.15) is 0 Å². The van der Waals surface area contributed by atoms with Crippen molar-refractivity contribution in [3.63, 3.8) is 0 Å². The summed E-state index contributed by atoms with van der Waals surface area (Å²) in [6.07, 6.45) is -1.46. The maximum atomic E-state index is 13.3. The lowest BCUT2D eigenvalue weighted by Crippen LogP contribution is -2.27. The highest BCUT2D eigenvalue weighted by atomic mass is 16.6. The molecule has 0 aliphatic heterocycles. The molecule has 0 saturated heterocycles. The van der Waals surface area contributed by atoms with Crippen molar-refractivity contribution in [2.45, 2.75) is 52.7 Å². The summed E-state index contributed by atoms with van der Waals surface area (Å²) in [5, 5.41) is 20.4. The minimum Gasteiger partial charge on any atom is -0.444 e. The van der Waals surface area contributed by atoms with E-state index in [2.05, 4.69) is 77.4 Å². The van der Waals surface area contributed by atoms with Crippen molar-refractivity contribution in [2.24, 2.45) is 0 Å². The van der Waals surface area contributed by atoms with Gasteiger partial charge in [-0.25, -0.2) is 44.5 Å². The summed E-state index contributed by atoms with van der Waals surface area (Å²) < 4.78 is 10.5. The molecule has 7 aromatic rings. The maximum absolute atomic E-state index is 13.3. The minimum atomic E-state index is -0.747. The van der Waals surface area contributed by atoms with Gasteiger partial charge in [-0.3, -0.25) is 39.4 Å². The van der Waals surface area contributed by atoms with Crippen LogP contribution in [0.3, 0.4) is 0 Å². The second kappa shape index (κ2) is 23.3. The lowest BCUT2D eigenvalue weighted by atomic mass is 10.2. The first kappa shape index (κ1) is 53.2. The van der Waals surface area contributed by atoms with Crippen LogP contribution in [0, 0.1) is 0 Å². The molecule has 7 aromatic heterocycles. The Hall–Kier alpha value is -10.6. The van der Waals surface area contributed by atoms with Gasteiger partial charge in [0.15, 0.2) is 0 Å². The van der Waals surface area contributed by atoms with Gasteiger partial charge in [0.25, 0.3) is 35.4 Å². The van der Waals surface area contributed by atoms with E-state index in [0.29, 0.717) is 0 Å². The van der Waals surface area contributed by atoms with Crippen LogP contribution in [0.5, 0.6) is 0 Å². The number of hydrogen-bond donors (Lipinski definition) is 8. The second-order valence-corrected chi connectivity index (χ2v) is 17.8. The van der Waals surface area contributed by atoms with E-state index < -0.39 is 58.8 Å². The molecule has 7 rings (SSSR count). The van der Waals surface area contributed by atoms with Crippen LogP contribution in [0.2, 0.25) is 0 Å². The summed E-state index contributed by atoms with van der Waals surface area (Å²) in [5.74, 6) is -3.84. The molecule has 0 aliphatic carbocycles. The molecular weight excluding hydrogens is 983 g/mol. The van der Waals surface area contributed by atoms with Crippen molar-refractivity contribution in [3.05, 3.63) is 162 Å². The Balaban J connectivity index is 0.911. The predicted octanol–water partition coefficient (Wildman–Crippen LogP) is 7.66. The Morgan fingerprint density at radius 3 is 0.632 bits per heavy atom. The first-order valence-electron chi connectivity index (χ1n) is 22.8. The normalized spacial score (nSPS) is 10.9. The molecule has 0 fully saturated rings. The standard InChI is InChI=1S/C51H47N15O10/c1-50(2,3)75-48(73)65-40-26-12-24-38(57-40)63-46(71)32-18-8-16-30(53-32)44(69)61-36-22-10-20-34(55-36)59-42(67)28-14-7-15-29(52-28)43(68)60-35-21-11-23-37(56-35)62-45(70)31-17-9-19-33(54-31)47(72)64-39-25-13-27-41(58-39)66-49(74)76-51(4,5)6/h7-27H,1-6H3,(H2,55,59,61,67,69)(H2,56,60,62,68,70)(H2,57,63,65,71,73)(H2,58,64,66,72,74). The third-order valence-electron chi connectivity index (χ3n) is 9.35. The van der Waals surface area contributed by atoms with E-state index in [-0.39, 0.29) is 80.7 Å². The van der Waals surface area contributed by atoms with E-state index in [1.807, 2.05) is 0 Å². The van der Waals surface area contributed by atoms with Crippen LogP contribution in [-0.2, 0) is 9.47 Å². The van der Waals surface area contributed by atoms with E-state index >= 15 is 0 Å². The van der Waals surface area contributed by atoms with Gasteiger partial charge in [0, 0.05) is 0 Å². The summed E-state index contributed by atoms with van der Waals surface area (Å²) in [5.41, 5.74) is -2.32. The Morgan fingerprint density at radius 2 is 0.447 bits per heavy atom. The van der Waals surface area contributed by atoms with Gasteiger partial charge in [0.05, 0.1) is 0 Å². The van der Waals surface area contributed by atoms with Crippen molar-refractivity contribution in [1.82, 2.24) is 34.9 Å². The molecule has 0 aromatic carbocycles. The smallest absolute Gasteiger partial charge is 0.413 e. The Morgan fingerprint density at radius 1 is 0.276 bits per heavy atom. The number of anilines is 8. The molecule has 0 spiro atoms. The summed E-state index contributed by atoms with van der Waals surface area (Å²) in [6.45, 7) is 10.3. The summed E-state index contributed by atoms with van der Waals surface area (Å²) in [4.78, 5) is 133. The summed E-state index contributed by atoms with van der Waals surface area (Å²) >= 11 is 0. The number of nitrogens with one attached hydrogen (secondary N) is 8. The Labute approximate surface area is 432 Å². The molecule has 0 atom stereocenters. The SMILES string of the molecule is CC(C)(C)OC(=O)Nc1cccc(NC(=O)c2cccc(C(=O)Nc3cccc(NC(=O)c4cccc(C(=O)Nc5cccc(NC(=O)c6cccc(C(=O)Nc7cccc(NC(=O)OC(C)(C)C)n7)n6)n5)n4)n3)n2)n1. The van der Waals surface area contributed by atoms with Crippen LogP contribution < -0.4 is 42.5 Å². The van der Waals surface area contributed by atoms with Crippen LogP contribution >= 0.6 is 0 Å². The van der Waals surface area contributed by atoms with Crippen LogP contribution in [0.25, 0.3) is 0 Å². The zero-order chi connectivity index (χ0) is 54.6. The van der Waals surface area contributed by atoms with Crippen molar-refractivity contribution in [2.75, 3.05) is 42.5 Å². The molecule has 76 heavy (non-hydrogen) atoms. The third-order valence-corrected chi connectivity index (χ3v) is 9.35. The molecule has 25 heteroatoms. The van der Waals surface area contributed by atoms with Gasteiger partial charge in [0.2, 0.25) is 0 Å². The number of amides is 8. The molecule has 8 N–H and O–H groups in total. The fraction of sp³-hybridized carbons (Fsp3) is 0.157. The summed E-state index contributed by atoms with van der Waals surface area (Å²) in [7, 11) is 0. The van der Waals surface area contributed by atoms with Gasteiger partial charge < -0.3 is 41.4 Å². The predicted molar refractivity (Wildman–Crippen MR) is 277 cm³/mol. The average molecular weight is 1030 g/mol. The molecule has 0 saturated carbocycles. The first-order chi connectivity index (χ1) is 36.1. The highest BCUT2D eigenvalue weighted by Gasteiger charge is 2.21. The van der Waals surface area contributed by atoms with E-state index in [4.69, 9.17) is 9.47 Å². The maximum Gasteiger partial charge on any atom is 0.413 e. The van der Waals surface area contributed by atoms with E-state index in [1.165, 1.54) is 115 Å². The van der Waals surface area contributed by atoms with Gasteiger partial charge in [-0.05, 0) is 126 Å². The molecule has 0 unspecified atom stereocenters. The van der Waals surface area contributed by atoms with E-state index in [0.717, 1.165) is 0 Å². The fourth-order valence-corrected chi connectivity index (χ4v) is 6.26. The number of ether oxygens (including phenoxy) is 2. The molecule has 0 bridgehead atoms. The quantitative estimate of drug-likeness (QED) is 0.0518. The van der Waals surface area contributed by atoms with Gasteiger partial charge in [-0.15, -0.1) is 0 Å². The monoisotopic (exact) mass is 1030 g/mol. The van der Waals surface area contributed by atoms with Crippen molar-refractivity contribution in [1.29, 1.82) is 0 Å². The minimum absolute atomic E-state index is 0.0128. The van der Waals surface area contributed by atoms with Gasteiger partial charge >= 0.3 is 12.2 Å². The lowest BCUT2D eigenvalue weighted by molar-refractivity contribution is 0.0624. The number of aromatic nitrogens is 7. The van der Waals surface area contributed by atoms with Crippen LogP contribution in [0.15, 0.2) is 127 Å². The number of carbonyl (C=O) groups excluding carboxylic acids is 8. The molecule has 8 amide bonds. The molecule has 0 aliphatic rings. The number of carbonyl (C=O) groups is 8. The highest BCUT2D eigenvalue weighted by Crippen LogP contribution is 2.18. The fourth-order valence-electron chi connectivity index (χ4n) is 6.26. The molecular formula is C51H47N15O10. The van der Waals surface area contributed by atoms with E-state index in [1.54, 1.807) is 53.7 Å². The number of nitrogens with zero attached hydrogens (tertiary/aromatic N) is 7. The Kier molecular flexibility index (Phi) is 16.3. The first-order valence-corrected chi connectivity index (χ1v) is 22.8. The van der Waals surface area contributed by atoms with Crippen molar-refractivity contribution < 1.29 is 47.8 Å². The topological polar surface area (TPSA) is 341 Å². The number of pyridine rings is 7. The lowest BCUT2D eigenvalue weighted by Gasteiger charge is -2.19. The second-order valence-electron chi connectivity index (χ2n) is 17.8. The largest absolute Gasteiger partial charge is 0.444 e. The zero-order valence-electron chi connectivity index (χ0n) is 41.3. The zero-order valence-corrected chi connectivity index (χ0v) is 41.3. The Bertz CT molecular complexity index is 3180. The third kappa shape index (κ3) is 15.7. The van der Waals surface area contributed by atoms with Crippen LogP contribution in [0.1, 0.15) is 104 Å². The summed E-state index contributed by atoms with van der Waals surface area (Å²) in [6, 6.07) is 30.6. The van der Waals surface area contributed by atoms with E-state index in [9.17, 15) is 38.4 Å². The van der Waals surface area contributed by atoms with Crippen LogP contribution in [-0.4, -0.2) is 93.7 Å². The van der Waals surface area contributed by atoms with Gasteiger partial charge in [0.1, 0.15) is 91.9 Å². The van der Waals surface area contributed by atoms with Gasteiger partial charge in [-0.1, -0.05) is 42.5 Å². The highest BCUT2D eigenvalue weighted by molar-refractivity contribution is 6.08. The van der Waals surface area contributed by atoms with Crippen molar-refractivity contribution >= 4 is 94.2 Å². The van der Waals surface area contributed by atoms with Crippen molar-refractivity contribution in [3.8, 4) is 0 Å². The van der Waals surface area contributed by atoms with Crippen LogP contribution in [0.4, 0.5) is 56.1 Å². The average Bonchev–Trinajstić information content (AvgIpc) is 3.35.